The van der Waals surface area contributed by atoms with E-state index in [9.17, 15) is 9.59 Å². The van der Waals surface area contributed by atoms with E-state index in [-0.39, 0.29) is 11.8 Å². The van der Waals surface area contributed by atoms with Crippen molar-refractivity contribution in [3.63, 3.8) is 0 Å². The van der Waals surface area contributed by atoms with E-state index in [1.165, 1.54) is 0 Å². The molecule has 120 valence electrons. The number of nitrogens with one attached hydrogen (secondary N) is 2. The summed E-state index contributed by atoms with van der Waals surface area (Å²) in [5.74, 6) is 0.308. The third-order valence-corrected chi connectivity index (χ3v) is 3.27. The Balaban J connectivity index is 2.07. The van der Waals surface area contributed by atoms with Crippen LogP contribution in [0, 0.1) is 0 Å². The summed E-state index contributed by atoms with van der Waals surface area (Å²) in [6.45, 7) is 2.62. The first-order valence-electron chi connectivity index (χ1n) is 7.47. The van der Waals surface area contributed by atoms with Crippen molar-refractivity contribution in [2.24, 2.45) is 0 Å². The van der Waals surface area contributed by atoms with Crippen molar-refractivity contribution in [3.05, 3.63) is 59.7 Å². The number of carbonyl (C=O) groups excluding carboxylic acids is 2. The second kappa shape index (κ2) is 7.98. The molecule has 0 radical (unpaired) electrons. The molecule has 5 nitrogen and oxygen atoms in total. The van der Waals surface area contributed by atoms with E-state index in [4.69, 9.17) is 4.74 Å². The fourth-order valence-corrected chi connectivity index (χ4v) is 2.02. The standard InChI is InChI=1S/C18H20N2O3/c1-3-11-19-17(21)14-5-4-6-15(12-14)20-18(22)13-7-9-16(23-2)10-8-13/h4-10,12H,3,11H2,1-2H3,(H,19,21)(H,20,22). The van der Waals surface area contributed by atoms with Gasteiger partial charge in [-0.15, -0.1) is 0 Å². The van der Waals surface area contributed by atoms with Gasteiger partial charge in [-0.2, -0.15) is 0 Å². The summed E-state index contributed by atoms with van der Waals surface area (Å²) in [7, 11) is 1.57. The predicted octanol–water partition coefficient (Wildman–Crippen LogP) is 3.09. The summed E-state index contributed by atoms with van der Waals surface area (Å²) in [4.78, 5) is 24.2. The Bertz CT molecular complexity index is 681. The highest BCUT2D eigenvalue weighted by molar-refractivity contribution is 6.05. The van der Waals surface area contributed by atoms with Crippen molar-refractivity contribution in [1.82, 2.24) is 5.32 Å². The average Bonchev–Trinajstić information content (AvgIpc) is 2.60. The van der Waals surface area contributed by atoms with Crippen molar-refractivity contribution in [1.29, 1.82) is 0 Å². The highest BCUT2D eigenvalue weighted by Gasteiger charge is 2.09. The minimum atomic E-state index is -0.237. The second-order valence-electron chi connectivity index (χ2n) is 5.02. The molecule has 0 saturated heterocycles. The van der Waals surface area contributed by atoms with Gasteiger partial charge in [0.15, 0.2) is 0 Å². The fourth-order valence-electron chi connectivity index (χ4n) is 2.02. The Morgan fingerprint density at radius 2 is 1.74 bits per heavy atom. The quantitative estimate of drug-likeness (QED) is 0.861. The lowest BCUT2D eigenvalue weighted by atomic mass is 10.1. The second-order valence-corrected chi connectivity index (χ2v) is 5.02. The number of hydrogen-bond donors (Lipinski definition) is 2. The first-order chi connectivity index (χ1) is 11.1. The van der Waals surface area contributed by atoms with Crippen LogP contribution < -0.4 is 15.4 Å². The van der Waals surface area contributed by atoms with Crippen molar-refractivity contribution >= 4 is 17.5 Å². The van der Waals surface area contributed by atoms with E-state index in [0.29, 0.717) is 29.1 Å². The van der Waals surface area contributed by atoms with E-state index in [0.717, 1.165) is 6.42 Å². The minimum Gasteiger partial charge on any atom is -0.497 e. The van der Waals surface area contributed by atoms with Gasteiger partial charge in [-0.05, 0) is 48.9 Å². The summed E-state index contributed by atoms with van der Waals surface area (Å²) < 4.78 is 5.07. The normalized spacial score (nSPS) is 10.0. The summed E-state index contributed by atoms with van der Waals surface area (Å²) >= 11 is 0. The fraction of sp³-hybridized carbons (Fsp3) is 0.222. The third kappa shape index (κ3) is 4.57. The number of hydrogen-bond acceptors (Lipinski definition) is 3. The van der Waals surface area contributed by atoms with Gasteiger partial charge in [0, 0.05) is 23.4 Å². The number of ether oxygens (including phenoxy) is 1. The molecule has 0 spiro atoms. The largest absolute Gasteiger partial charge is 0.497 e. The average molecular weight is 312 g/mol. The molecule has 0 aromatic heterocycles. The number of amides is 2. The van der Waals surface area contributed by atoms with Crippen LogP contribution in [0.25, 0.3) is 0 Å². The molecule has 2 aromatic rings. The van der Waals surface area contributed by atoms with Crippen LogP contribution in [0.15, 0.2) is 48.5 Å². The minimum absolute atomic E-state index is 0.146. The maximum Gasteiger partial charge on any atom is 0.255 e. The summed E-state index contributed by atoms with van der Waals surface area (Å²) in [6.07, 6.45) is 0.875. The van der Waals surface area contributed by atoms with Gasteiger partial charge in [0.05, 0.1) is 7.11 Å². The van der Waals surface area contributed by atoms with E-state index >= 15 is 0 Å². The predicted molar refractivity (Wildman–Crippen MR) is 90.0 cm³/mol. The number of rotatable bonds is 6. The lowest BCUT2D eigenvalue weighted by Gasteiger charge is -2.08. The molecule has 0 aliphatic heterocycles. The van der Waals surface area contributed by atoms with Gasteiger partial charge >= 0.3 is 0 Å². The third-order valence-electron chi connectivity index (χ3n) is 3.27. The summed E-state index contributed by atoms with van der Waals surface area (Å²) in [6, 6.07) is 13.7. The van der Waals surface area contributed by atoms with Gasteiger partial charge in [0.1, 0.15) is 5.75 Å². The molecule has 0 saturated carbocycles. The van der Waals surface area contributed by atoms with Crippen molar-refractivity contribution in [3.8, 4) is 5.75 Å². The van der Waals surface area contributed by atoms with Crippen molar-refractivity contribution in [2.75, 3.05) is 19.0 Å². The van der Waals surface area contributed by atoms with Crippen LogP contribution in [0.2, 0.25) is 0 Å². The van der Waals surface area contributed by atoms with Crippen LogP contribution in [-0.2, 0) is 0 Å². The molecule has 0 heterocycles. The maximum absolute atomic E-state index is 12.2. The molecular weight excluding hydrogens is 292 g/mol. The Kier molecular flexibility index (Phi) is 5.74. The molecule has 5 heteroatoms. The molecule has 0 aliphatic rings. The van der Waals surface area contributed by atoms with E-state index in [2.05, 4.69) is 10.6 Å². The monoisotopic (exact) mass is 312 g/mol. The smallest absolute Gasteiger partial charge is 0.255 e. The Hall–Kier alpha value is -2.82. The van der Waals surface area contributed by atoms with Crippen LogP contribution in [0.3, 0.4) is 0 Å². The van der Waals surface area contributed by atoms with E-state index in [1.54, 1.807) is 55.6 Å². The molecule has 23 heavy (non-hydrogen) atoms. The molecule has 0 aliphatic carbocycles. The first kappa shape index (κ1) is 16.5. The van der Waals surface area contributed by atoms with Crippen molar-refractivity contribution in [2.45, 2.75) is 13.3 Å². The zero-order valence-electron chi connectivity index (χ0n) is 13.3. The van der Waals surface area contributed by atoms with Crippen LogP contribution in [-0.4, -0.2) is 25.5 Å². The Morgan fingerprint density at radius 1 is 1.00 bits per heavy atom. The van der Waals surface area contributed by atoms with Gasteiger partial charge in [-0.3, -0.25) is 9.59 Å². The van der Waals surface area contributed by atoms with Gasteiger partial charge in [0.2, 0.25) is 0 Å². The van der Waals surface area contributed by atoms with Crippen molar-refractivity contribution < 1.29 is 14.3 Å². The van der Waals surface area contributed by atoms with Crippen LogP contribution in [0.5, 0.6) is 5.75 Å². The summed E-state index contributed by atoms with van der Waals surface area (Å²) in [5.41, 5.74) is 1.62. The van der Waals surface area contributed by atoms with E-state index < -0.39 is 0 Å². The number of methoxy groups -OCH3 is 1. The number of anilines is 1. The van der Waals surface area contributed by atoms with Crippen LogP contribution >= 0.6 is 0 Å². The molecule has 0 unspecified atom stereocenters. The number of benzene rings is 2. The lowest BCUT2D eigenvalue weighted by Crippen LogP contribution is -2.24. The molecule has 2 rings (SSSR count). The zero-order valence-corrected chi connectivity index (χ0v) is 13.3. The SMILES string of the molecule is CCCNC(=O)c1cccc(NC(=O)c2ccc(OC)cc2)c1. The Labute approximate surface area is 135 Å². The first-order valence-corrected chi connectivity index (χ1v) is 7.47. The topological polar surface area (TPSA) is 67.4 Å². The van der Waals surface area contributed by atoms with Crippen LogP contribution in [0.1, 0.15) is 34.1 Å². The molecular formula is C18H20N2O3. The highest BCUT2D eigenvalue weighted by atomic mass is 16.5. The molecule has 2 aromatic carbocycles. The summed E-state index contributed by atoms with van der Waals surface area (Å²) in [5, 5.41) is 5.60. The molecule has 0 fully saturated rings. The van der Waals surface area contributed by atoms with Gasteiger partial charge in [-0.1, -0.05) is 13.0 Å². The molecule has 0 atom stereocenters. The van der Waals surface area contributed by atoms with Gasteiger partial charge < -0.3 is 15.4 Å². The van der Waals surface area contributed by atoms with Gasteiger partial charge in [-0.25, -0.2) is 0 Å². The molecule has 0 bridgehead atoms. The lowest BCUT2D eigenvalue weighted by molar-refractivity contribution is 0.0952. The maximum atomic E-state index is 12.2. The zero-order chi connectivity index (χ0) is 16.7. The Morgan fingerprint density at radius 3 is 2.39 bits per heavy atom. The molecule has 2 N–H and O–H groups in total. The van der Waals surface area contributed by atoms with E-state index in [1.807, 2.05) is 6.92 Å². The molecule has 2 amide bonds. The van der Waals surface area contributed by atoms with Gasteiger partial charge in [0.25, 0.3) is 11.8 Å². The number of carbonyl (C=O) groups is 2. The van der Waals surface area contributed by atoms with Crippen LogP contribution in [0.4, 0.5) is 5.69 Å². The highest BCUT2D eigenvalue weighted by Crippen LogP contribution is 2.15.